The number of allylic oxidation sites excluding steroid dienone is 2. The molecule has 8 heteroatoms. The van der Waals surface area contributed by atoms with Crippen LogP contribution in [0.1, 0.15) is 35.5 Å². The second-order valence-electron chi connectivity index (χ2n) is 9.90. The summed E-state index contributed by atoms with van der Waals surface area (Å²) in [5, 5.41) is 8.25. The number of carbonyl (C=O) groups excluding carboxylic acids is 2. The van der Waals surface area contributed by atoms with Crippen molar-refractivity contribution < 1.29 is 44.2 Å². The average Bonchev–Trinajstić information content (AvgIpc) is 3.64. The molecule has 3 saturated heterocycles. The summed E-state index contributed by atoms with van der Waals surface area (Å²) >= 11 is 1.59. The summed E-state index contributed by atoms with van der Waals surface area (Å²) in [5.74, 6) is -0.708. The quantitative estimate of drug-likeness (QED) is 0.467. The number of aliphatic carboxylic acids is 1. The van der Waals surface area contributed by atoms with E-state index in [0.717, 1.165) is 39.3 Å². The van der Waals surface area contributed by atoms with Gasteiger partial charge in [0, 0.05) is 45.3 Å². The summed E-state index contributed by atoms with van der Waals surface area (Å²) < 4.78 is 0.711. The number of fused-ring (bicyclic) bond motifs is 1. The molecule has 7 nitrogen and oxygen atoms in total. The Balaban J connectivity index is 0.000000137. The van der Waals surface area contributed by atoms with Gasteiger partial charge in [0.05, 0.1) is 11.1 Å². The normalized spacial score (nSPS) is 21.8. The van der Waals surface area contributed by atoms with Crippen LogP contribution in [0.3, 0.4) is 0 Å². The first kappa shape index (κ1) is 24.7. The van der Waals surface area contributed by atoms with Crippen molar-refractivity contribution in [1.82, 2.24) is 14.7 Å². The van der Waals surface area contributed by atoms with Gasteiger partial charge in [-0.3, -0.25) is 14.4 Å². The molecule has 6 rings (SSSR count). The van der Waals surface area contributed by atoms with Gasteiger partial charge in [-0.25, -0.2) is 0 Å². The molecule has 0 spiro atoms. The van der Waals surface area contributed by atoms with E-state index in [2.05, 4.69) is 36.4 Å². The number of hydrogen-bond acceptors (Lipinski definition) is 6. The van der Waals surface area contributed by atoms with Gasteiger partial charge in [-0.05, 0) is 20.8 Å². The molecule has 0 amide bonds. The Morgan fingerprint density at radius 3 is 1.97 bits per heavy atom. The van der Waals surface area contributed by atoms with Crippen LogP contribution in [0.4, 0.5) is 0 Å². The Morgan fingerprint density at radius 2 is 1.47 bits per heavy atom. The molecule has 1 unspecified atom stereocenters. The molecular weight excluding hydrogens is 510 g/mol. The minimum atomic E-state index is -0.757. The molecule has 0 bridgehead atoms. The number of nitrogens with zero attached hydrogens (tertiary/aromatic N) is 3. The number of carbonyl (C=O) groups is 3. The van der Waals surface area contributed by atoms with Crippen molar-refractivity contribution in [2.24, 2.45) is 5.41 Å². The van der Waals surface area contributed by atoms with Crippen LogP contribution < -0.4 is 0 Å². The monoisotopic (exact) mass is 538 g/mol. The van der Waals surface area contributed by atoms with Crippen LogP contribution in [0.25, 0.3) is 6.08 Å². The van der Waals surface area contributed by atoms with Gasteiger partial charge in [0.2, 0.25) is 11.6 Å². The fourth-order valence-electron chi connectivity index (χ4n) is 3.53. The third-order valence-corrected chi connectivity index (χ3v) is 7.17. The number of Topliss-reactive ketones (excluding diaryl/α,β-unsaturated/α-hetero) is 1. The SMILES string of the molecule is CC(C)(C)C(=O)O.O=C1C=C(N2CC2)C(=O)C(N2CC2)=C1N1CC1.[Zr][CH]1C=Cc2ccccc21. The zero-order valence-electron chi connectivity index (χ0n) is 19.9. The van der Waals surface area contributed by atoms with E-state index in [0.29, 0.717) is 20.7 Å². The molecule has 5 aliphatic rings. The average molecular weight is 540 g/mol. The van der Waals surface area contributed by atoms with Crippen molar-refractivity contribution in [1.29, 1.82) is 0 Å². The number of hydrogen-bond donors (Lipinski definition) is 1. The van der Waals surface area contributed by atoms with Gasteiger partial charge < -0.3 is 19.8 Å². The predicted molar refractivity (Wildman–Crippen MR) is 125 cm³/mol. The first-order valence-electron chi connectivity index (χ1n) is 11.6. The number of carboxylic acid groups (broad SMARTS) is 1. The topological polar surface area (TPSA) is 80.5 Å². The molecule has 0 saturated carbocycles. The zero-order chi connectivity index (χ0) is 24.6. The van der Waals surface area contributed by atoms with Gasteiger partial charge >= 0.3 is 81.9 Å². The molecule has 3 fully saturated rings. The van der Waals surface area contributed by atoms with E-state index in [-0.39, 0.29) is 11.6 Å². The van der Waals surface area contributed by atoms with Crippen LogP contribution in [0, 0.1) is 5.41 Å². The molecular formula is C26H30N3O4Zr. The second kappa shape index (κ2) is 9.65. The van der Waals surface area contributed by atoms with Crippen molar-refractivity contribution >= 4 is 23.6 Å². The van der Waals surface area contributed by atoms with Gasteiger partial charge in [0.25, 0.3) is 0 Å². The Morgan fingerprint density at radius 1 is 0.941 bits per heavy atom. The van der Waals surface area contributed by atoms with E-state index in [9.17, 15) is 14.4 Å². The van der Waals surface area contributed by atoms with Crippen molar-refractivity contribution in [2.45, 2.75) is 24.4 Å². The summed E-state index contributed by atoms with van der Waals surface area (Å²) in [5.41, 5.74) is 4.21. The van der Waals surface area contributed by atoms with Gasteiger partial charge in [0.1, 0.15) is 11.4 Å². The number of ketones is 2. The van der Waals surface area contributed by atoms with E-state index in [1.165, 1.54) is 17.2 Å². The third kappa shape index (κ3) is 5.77. The Kier molecular flexibility index (Phi) is 7.00. The third-order valence-electron chi connectivity index (χ3n) is 5.93. The second-order valence-corrected chi connectivity index (χ2v) is 11.4. The van der Waals surface area contributed by atoms with Crippen molar-refractivity contribution in [3.05, 3.63) is 64.6 Å². The van der Waals surface area contributed by atoms with Crippen molar-refractivity contribution in [3.8, 4) is 0 Å². The molecule has 1 atom stereocenters. The summed E-state index contributed by atoms with van der Waals surface area (Å²) in [6.45, 7) is 10.4. The number of carboxylic acids is 1. The predicted octanol–water partition coefficient (Wildman–Crippen LogP) is 2.60. The maximum atomic E-state index is 12.4. The van der Waals surface area contributed by atoms with Gasteiger partial charge in [0.15, 0.2) is 0 Å². The molecule has 0 aromatic heterocycles. The maximum absolute atomic E-state index is 12.4. The fraction of sp³-hybridized carbons (Fsp3) is 0.423. The molecule has 0 radical (unpaired) electrons. The van der Waals surface area contributed by atoms with Crippen LogP contribution in [0.5, 0.6) is 0 Å². The molecule has 1 N–H and O–H groups in total. The number of rotatable bonds is 3. The standard InChI is InChI=1S/C12H13N3O2.C9H7.C5H10O2.Zr/c16-9-7-8(13-1-2-13)12(17)11(15-5-6-15)10(9)14-3-4-14;1-2-5-9-7-3-6-8(9)4-1;1-5(2,3)4(6)7;/h7H,1-6H2;1-7H;1-3H3,(H,6,7);. The molecule has 2 aliphatic carbocycles. The van der Waals surface area contributed by atoms with Gasteiger partial charge in [-0.2, -0.15) is 0 Å². The first-order chi connectivity index (χ1) is 16.1. The van der Waals surface area contributed by atoms with Gasteiger partial charge in [-0.15, -0.1) is 0 Å². The molecule has 3 aliphatic heterocycles. The van der Waals surface area contributed by atoms with E-state index < -0.39 is 11.4 Å². The van der Waals surface area contributed by atoms with Gasteiger partial charge in [-0.1, -0.05) is 0 Å². The van der Waals surface area contributed by atoms with Crippen LogP contribution in [0.15, 0.2) is 53.5 Å². The van der Waals surface area contributed by atoms with Crippen LogP contribution in [0.2, 0.25) is 0 Å². The molecule has 1 aromatic carbocycles. The van der Waals surface area contributed by atoms with E-state index >= 15 is 0 Å². The first-order valence-corrected chi connectivity index (χ1v) is 13.0. The van der Waals surface area contributed by atoms with Crippen LogP contribution in [-0.4, -0.2) is 76.6 Å². The molecule has 34 heavy (non-hydrogen) atoms. The van der Waals surface area contributed by atoms with Crippen molar-refractivity contribution in [3.63, 3.8) is 0 Å². The number of benzene rings is 1. The molecule has 177 valence electrons. The Bertz CT molecular complexity index is 1100. The zero-order valence-corrected chi connectivity index (χ0v) is 22.3. The summed E-state index contributed by atoms with van der Waals surface area (Å²) in [6, 6.07) is 8.60. The fourth-order valence-corrected chi connectivity index (χ4v) is 4.41. The van der Waals surface area contributed by atoms with Crippen LogP contribution >= 0.6 is 0 Å². The summed E-state index contributed by atoms with van der Waals surface area (Å²) in [4.78, 5) is 40.5. The Hall–Kier alpha value is -2.47. The van der Waals surface area contributed by atoms with Crippen molar-refractivity contribution in [2.75, 3.05) is 39.3 Å². The molecule has 3 heterocycles. The van der Waals surface area contributed by atoms with E-state index in [4.69, 9.17) is 5.11 Å². The van der Waals surface area contributed by atoms with E-state index in [1.54, 1.807) is 45.5 Å². The minimum absolute atomic E-state index is 0.00546. The Labute approximate surface area is 215 Å². The summed E-state index contributed by atoms with van der Waals surface area (Å²) in [6.07, 6.45) is 6.02. The summed E-state index contributed by atoms with van der Waals surface area (Å²) in [7, 11) is 0. The molecule has 1 aromatic rings. The van der Waals surface area contributed by atoms with Crippen LogP contribution in [-0.2, 0) is 39.1 Å². The van der Waals surface area contributed by atoms with E-state index in [1.807, 2.05) is 14.7 Å².